The predicted octanol–water partition coefficient (Wildman–Crippen LogP) is 3.79. The molecule has 0 bridgehead atoms. The van der Waals surface area contributed by atoms with E-state index in [1.165, 1.54) is 0 Å². The molecule has 3 heteroatoms. The third-order valence-electron chi connectivity index (χ3n) is 1.90. The summed E-state index contributed by atoms with van der Waals surface area (Å²) >= 11 is 2.06. The molecule has 2 rings (SSSR count). The van der Waals surface area contributed by atoms with E-state index in [9.17, 15) is 5.11 Å². The van der Waals surface area contributed by atoms with E-state index in [-0.39, 0.29) is 5.75 Å². The summed E-state index contributed by atoms with van der Waals surface area (Å²) in [4.78, 5) is 0. The van der Waals surface area contributed by atoms with Crippen molar-refractivity contribution in [2.24, 2.45) is 0 Å². The van der Waals surface area contributed by atoms with Crippen molar-refractivity contribution in [1.29, 1.82) is 0 Å². The number of aromatic hydroxyl groups is 1. The van der Waals surface area contributed by atoms with Crippen LogP contribution in [0.3, 0.4) is 0 Å². The van der Waals surface area contributed by atoms with Crippen LogP contribution in [0.15, 0.2) is 48.5 Å². The van der Waals surface area contributed by atoms with Gasteiger partial charge >= 0.3 is 0 Å². The molecule has 0 saturated heterocycles. The third-order valence-corrected chi connectivity index (χ3v) is 2.76. The molecule has 0 spiro atoms. The quantitative estimate of drug-likeness (QED) is 0.855. The number of hydrogen-bond donors (Lipinski definition) is 1. The zero-order valence-electron chi connectivity index (χ0n) is 7.85. The normalized spacial score (nSPS) is 9.93. The molecule has 15 heavy (non-hydrogen) atoms. The molecule has 2 aromatic carbocycles. The van der Waals surface area contributed by atoms with Crippen molar-refractivity contribution >= 4 is 22.6 Å². The van der Waals surface area contributed by atoms with Crippen molar-refractivity contribution in [2.45, 2.75) is 0 Å². The van der Waals surface area contributed by atoms with Gasteiger partial charge in [-0.25, -0.2) is 0 Å². The second-order valence-electron chi connectivity index (χ2n) is 3.03. The Labute approximate surface area is 102 Å². The summed E-state index contributed by atoms with van der Waals surface area (Å²) < 4.78 is 6.38. The van der Waals surface area contributed by atoms with Gasteiger partial charge in [-0.1, -0.05) is 18.2 Å². The molecule has 1 N–H and O–H groups in total. The average Bonchev–Trinajstić information content (AvgIpc) is 2.25. The molecule has 0 fully saturated rings. The molecular formula is C12H9IO2. The van der Waals surface area contributed by atoms with Crippen LogP contribution >= 0.6 is 22.6 Å². The largest absolute Gasteiger partial charge is 0.507 e. The van der Waals surface area contributed by atoms with Gasteiger partial charge in [-0.15, -0.1) is 0 Å². The number of phenolic OH excluding ortho intramolecular Hbond substituents is 1. The molecule has 2 nitrogen and oxygen atoms in total. The van der Waals surface area contributed by atoms with Crippen molar-refractivity contribution in [1.82, 2.24) is 0 Å². The maximum atomic E-state index is 9.35. The Bertz CT molecular complexity index is 454. The highest BCUT2D eigenvalue weighted by atomic mass is 127. The maximum absolute atomic E-state index is 9.35. The maximum Gasteiger partial charge on any atom is 0.129 e. The number of halogens is 1. The fourth-order valence-electron chi connectivity index (χ4n) is 1.18. The summed E-state index contributed by atoms with van der Waals surface area (Å²) in [5.74, 6) is 1.79. The number of rotatable bonds is 2. The van der Waals surface area contributed by atoms with Gasteiger partial charge in [-0.3, -0.25) is 0 Å². The lowest BCUT2D eigenvalue weighted by atomic mass is 10.3. The van der Waals surface area contributed by atoms with E-state index < -0.39 is 0 Å². The molecule has 0 aliphatic heterocycles. The van der Waals surface area contributed by atoms with Crippen LogP contribution in [-0.4, -0.2) is 5.11 Å². The number of hydrogen-bond acceptors (Lipinski definition) is 2. The highest BCUT2D eigenvalue weighted by Gasteiger charge is 2.00. The van der Waals surface area contributed by atoms with Crippen LogP contribution in [0.4, 0.5) is 0 Å². The summed E-state index contributed by atoms with van der Waals surface area (Å²) in [6.07, 6.45) is 0. The molecule has 2 aromatic rings. The molecule has 0 aliphatic rings. The smallest absolute Gasteiger partial charge is 0.129 e. The number of ether oxygens (including phenoxy) is 1. The summed E-state index contributed by atoms with van der Waals surface area (Å²) in [6, 6.07) is 14.7. The first-order valence-corrected chi connectivity index (χ1v) is 5.55. The van der Waals surface area contributed by atoms with Gasteiger partial charge in [0.2, 0.25) is 0 Å². The van der Waals surface area contributed by atoms with Gasteiger partial charge in [0.1, 0.15) is 17.2 Å². The fourth-order valence-corrected chi connectivity index (χ4v) is 1.66. The Morgan fingerprint density at radius 2 is 1.67 bits per heavy atom. The minimum atomic E-state index is 0.274. The van der Waals surface area contributed by atoms with E-state index in [1.807, 2.05) is 30.3 Å². The first-order valence-electron chi connectivity index (χ1n) is 4.47. The van der Waals surface area contributed by atoms with Gasteiger partial charge in [-0.05, 0) is 52.9 Å². The molecule has 0 unspecified atom stereocenters. The fraction of sp³-hybridized carbons (Fsp3) is 0. The minimum absolute atomic E-state index is 0.274. The molecular weight excluding hydrogens is 303 g/mol. The monoisotopic (exact) mass is 312 g/mol. The van der Waals surface area contributed by atoms with E-state index in [4.69, 9.17) is 4.74 Å². The standard InChI is InChI=1S/C12H9IO2/c13-11-8-10(6-7-12(11)14)15-9-4-2-1-3-5-9/h1-8,14H. The van der Waals surface area contributed by atoms with Crippen LogP contribution in [0.5, 0.6) is 17.2 Å². The zero-order chi connectivity index (χ0) is 10.7. The predicted molar refractivity (Wildman–Crippen MR) is 67.3 cm³/mol. The second-order valence-corrected chi connectivity index (χ2v) is 4.19. The molecule has 0 atom stereocenters. The molecule has 0 heterocycles. The Morgan fingerprint density at radius 3 is 2.33 bits per heavy atom. The number of phenols is 1. The van der Waals surface area contributed by atoms with E-state index in [2.05, 4.69) is 22.6 Å². The highest BCUT2D eigenvalue weighted by molar-refractivity contribution is 14.1. The summed E-state index contributed by atoms with van der Waals surface area (Å²) in [7, 11) is 0. The first-order chi connectivity index (χ1) is 7.25. The SMILES string of the molecule is Oc1ccc(Oc2ccccc2)cc1I. The van der Waals surface area contributed by atoms with Crippen molar-refractivity contribution in [3.8, 4) is 17.2 Å². The van der Waals surface area contributed by atoms with Gasteiger partial charge in [-0.2, -0.15) is 0 Å². The van der Waals surface area contributed by atoms with E-state index in [0.29, 0.717) is 0 Å². The van der Waals surface area contributed by atoms with Crippen LogP contribution in [0, 0.1) is 3.57 Å². The Hall–Kier alpha value is -1.23. The lowest BCUT2D eigenvalue weighted by Crippen LogP contribution is -1.84. The first kappa shape index (κ1) is 10.3. The van der Waals surface area contributed by atoms with Gasteiger partial charge in [0, 0.05) is 0 Å². The molecule has 76 valence electrons. The van der Waals surface area contributed by atoms with Crippen molar-refractivity contribution in [3.63, 3.8) is 0 Å². The van der Waals surface area contributed by atoms with Gasteiger partial charge in [0.25, 0.3) is 0 Å². The van der Waals surface area contributed by atoms with Gasteiger partial charge in [0.15, 0.2) is 0 Å². The summed E-state index contributed by atoms with van der Waals surface area (Å²) in [5.41, 5.74) is 0. The van der Waals surface area contributed by atoms with Gasteiger partial charge in [0.05, 0.1) is 3.57 Å². The lowest BCUT2D eigenvalue weighted by Gasteiger charge is -2.06. The van der Waals surface area contributed by atoms with Crippen molar-refractivity contribution < 1.29 is 9.84 Å². The number of benzene rings is 2. The van der Waals surface area contributed by atoms with E-state index >= 15 is 0 Å². The van der Waals surface area contributed by atoms with Crippen LogP contribution in [0.1, 0.15) is 0 Å². The van der Waals surface area contributed by atoms with Crippen molar-refractivity contribution in [3.05, 3.63) is 52.1 Å². The molecule has 0 amide bonds. The molecule has 0 aromatic heterocycles. The van der Waals surface area contributed by atoms with E-state index in [0.717, 1.165) is 15.1 Å². The summed E-state index contributed by atoms with van der Waals surface area (Å²) in [5, 5.41) is 9.35. The van der Waals surface area contributed by atoms with Crippen LogP contribution in [-0.2, 0) is 0 Å². The van der Waals surface area contributed by atoms with Crippen LogP contribution < -0.4 is 4.74 Å². The second kappa shape index (κ2) is 4.53. The third kappa shape index (κ3) is 2.62. The topological polar surface area (TPSA) is 29.5 Å². The van der Waals surface area contributed by atoms with Crippen molar-refractivity contribution in [2.75, 3.05) is 0 Å². The van der Waals surface area contributed by atoms with Crippen LogP contribution in [0.25, 0.3) is 0 Å². The van der Waals surface area contributed by atoms with E-state index in [1.54, 1.807) is 18.2 Å². The highest BCUT2D eigenvalue weighted by Crippen LogP contribution is 2.27. The Balaban J connectivity index is 2.22. The molecule has 0 aliphatic carbocycles. The summed E-state index contributed by atoms with van der Waals surface area (Å²) in [6.45, 7) is 0. The lowest BCUT2D eigenvalue weighted by molar-refractivity contribution is 0.461. The zero-order valence-corrected chi connectivity index (χ0v) is 10.0. The number of para-hydroxylation sites is 1. The molecule has 0 radical (unpaired) electrons. The Kier molecular flexibility index (Phi) is 3.11. The Morgan fingerprint density at radius 1 is 0.933 bits per heavy atom. The minimum Gasteiger partial charge on any atom is -0.507 e. The van der Waals surface area contributed by atoms with Crippen LogP contribution in [0.2, 0.25) is 0 Å². The molecule has 0 saturated carbocycles. The average molecular weight is 312 g/mol. The van der Waals surface area contributed by atoms with Gasteiger partial charge < -0.3 is 9.84 Å².